The van der Waals surface area contributed by atoms with Crippen LogP contribution >= 0.6 is 0 Å². The fourth-order valence-corrected chi connectivity index (χ4v) is 3.59. The molecule has 0 bridgehead atoms. The van der Waals surface area contributed by atoms with Gasteiger partial charge < -0.3 is 14.5 Å². The molecule has 0 aliphatic carbocycles. The van der Waals surface area contributed by atoms with E-state index in [2.05, 4.69) is 28.7 Å². The van der Waals surface area contributed by atoms with Crippen LogP contribution in [-0.2, 0) is 0 Å². The highest BCUT2D eigenvalue weighted by molar-refractivity contribution is 5.94. The van der Waals surface area contributed by atoms with Gasteiger partial charge in [-0.25, -0.2) is 9.97 Å². The van der Waals surface area contributed by atoms with Gasteiger partial charge in [0, 0.05) is 43.4 Å². The van der Waals surface area contributed by atoms with Crippen LogP contribution in [0.2, 0.25) is 0 Å². The Morgan fingerprint density at radius 2 is 1.74 bits per heavy atom. The predicted molar refractivity (Wildman–Crippen MR) is 122 cm³/mol. The van der Waals surface area contributed by atoms with Crippen LogP contribution in [0.1, 0.15) is 24.2 Å². The van der Waals surface area contributed by atoms with Crippen molar-refractivity contribution in [1.29, 1.82) is 0 Å². The van der Waals surface area contributed by atoms with Crippen molar-refractivity contribution >= 4 is 11.7 Å². The monoisotopic (exact) mass is 416 g/mol. The molecule has 31 heavy (non-hydrogen) atoms. The Bertz CT molecular complexity index is 1010. The number of hydrogen-bond acceptors (Lipinski definition) is 5. The van der Waals surface area contributed by atoms with E-state index >= 15 is 0 Å². The van der Waals surface area contributed by atoms with E-state index in [0.717, 1.165) is 35.9 Å². The first-order valence-electron chi connectivity index (χ1n) is 10.7. The van der Waals surface area contributed by atoms with Gasteiger partial charge in [0.05, 0.1) is 12.3 Å². The number of rotatable bonds is 6. The molecule has 1 fully saturated rings. The van der Waals surface area contributed by atoms with Crippen LogP contribution in [-0.4, -0.2) is 53.6 Å². The Labute approximate surface area is 183 Å². The maximum absolute atomic E-state index is 13.0. The van der Waals surface area contributed by atoms with Gasteiger partial charge in [-0.3, -0.25) is 4.79 Å². The minimum Gasteiger partial charge on any atom is -0.493 e. The molecule has 2 aromatic carbocycles. The number of hydrogen-bond donors (Lipinski definition) is 0. The second kappa shape index (κ2) is 9.60. The lowest BCUT2D eigenvalue weighted by Gasteiger charge is -2.35. The summed E-state index contributed by atoms with van der Waals surface area (Å²) in [4.78, 5) is 26.0. The second-order valence-corrected chi connectivity index (χ2v) is 8.14. The van der Waals surface area contributed by atoms with E-state index in [1.54, 1.807) is 6.33 Å². The van der Waals surface area contributed by atoms with E-state index in [0.29, 0.717) is 31.2 Å². The van der Waals surface area contributed by atoms with Gasteiger partial charge in [0.1, 0.15) is 17.9 Å². The smallest absolute Gasteiger partial charge is 0.254 e. The number of nitrogens with zero attached hydrogens (tertiary/aromatic N) is 4. The van der Waals surface area contributed by atoms with Crippen LogP contribution < -0.4 is 9.64 Å². The fraction of sp³-hybridized carbons (Fsp3) is 0.320. The molecule has 1 aliphatic rings. The van der Waals surface area contributed by atoms with Crippen molar-refractivity contribution in [2.45, 2.75) is 13.8 Å². The van der Waals surface area contributed by atoms with Crippen molar-refractivity contribution in [3.05, 3.63) is 72.6 Å². The summed E-state index contributed by atoms with van der Waals surface area (Å²) in [5.74, 6) is 2.12. The average molecular weight is 417 g/mol. The van der Waals surface area contributed by atoms with Crippen molar-refractivity contribution in [1.82, 2.24) is 14.9 Å². The molecule has 0 saturated carbocycles. The fourth-order valence-electron chi connectivity index (χ4n) is 3.59. The number of benzene rings is 2. The Hall–Kier alpha value is -3.41. The summed E-state index contributed by atoms with van der Waals surface area (Å²) < 4.78 is 5.77. The second-order valence-electron chi connectivity index (χ2n) is 8.14. The van der Waals surface area contributed by atoms with Gasteiger partial charge in [0.25, 0.3) is 5.91 Å². The summed E-state index contributed by atoms with van der Waals surface area (Å²) in [6.45, 7) is 7.63. The van der Waals surface area contributed by atoms with Gasteiger partial charge in [0.2, 0.25) is 0 Å². The molecule has 4 rings (SSSR count). The standard InChI is InChI=1S/C25H28N4O2/c1-19(2)17-31-22-10-6-9-21(15-22)25(30)29-13-11-28(12-14-29)24-16-23(26-18-27-24)20-7-4-3-5-8-20/h3-10,15-16,18-19H,11-14,17H2,1-2H3. The van der Waals surface area contributed by atoms with Crippen molar-refractivity contribution in [3.8, 4) is 17.0 Å². The van der Waals surface area contributed by atoms with Gasteiger partial charge in [-0.05, 0) is 24.1 Å². The molecule has 6 heteroatoms. The Kier molecular flexibility index (Phi) is 6.46. The molecule has 0 N–H and O–H groups in total. The molecule has 0 atom stereocenters. The van der Waals surface area contributed by atoms with Crippen LogP contribution in [0.15, 0.2) is 67.0 Å². The molecular weight excluding hydrogens is 388 g/mol. The highest BCUT2D eigenvalue weighted by Gasteiger charge is 2.23. The van der Waals surface area contributed by atoms with E-state index in [1.807, 2.05) is 65.6 Å². The van der Waals surface area contributed by atoms with Crippen molar-refractivity contribution in [3.63, 3.8) is 0 Å². The zero-order valence-corrected chi connectivity index (χ0v) is 18.1. The van der Waals surface area contributed by atoms with Gasteiger partial charge in [-0.1, -0.05) is 50.2 Å². The molecule has 1 amide bonds. The quantitative estimate of drug-likeness (QED) is 0.604. The third-order valence-electron chi connectivity index (χ3n) is 5.28. The Morgan fingerprint density at radius 1 is 0.968 bits per heavy atom. The van der Waals surface area contributed by atoms with E-state index in [-0.39, 0.29) is 5.91 Å². The largest absolute Gasteiger partial charge is 0.493 e. The summed E-state index contributed by atoms with van der Waals surface area (Å²) in [7, 11) is 0. The van der Waals surface area contributed by atoms with Crippen LogP contribution in [0, 0.1) is 5.92 Å². The average Bonchev–Trinajstić information content (AvgIpc) is 2.83. The minimum atomic E-state index is 0.0438. The first kappa shape index (κ1) is 20.8. The minimum absolute atomic E-state index is 0.0438. The molecule has 6 nitrogen and oxygen atoms in total. The zero-order valence-electron chi connectivity index (χ0n) is 18.1. The normalized spacial score (nSPS) is 14.0. The number of piperazine rings is 1. The molecule has 1 saturated heterocycles. The number of carbonyl (C=O) groups is 1. The summed E-state index contributed by atoms with van der Waals surface area (Å²) in [5.41, 5.74) is 2.64. The highest BCUT2D eigenvalue weighted by Crippen LogP contribution is 2.22. The molecule has 0 unspecified atom stereocenters. The van der Waals surface area contributed by atoms with Gasteiger partial charge in [-0.15, -0.1) is 0 Å². The van der Waals surface area contributed by atoms with Gasteiger partial charge >= 0.3 is 0 Å². The SMILES string of the molecule is CC(C)COc1cccc(C(=O)N2CCN(c3cc(-c4ccccc4)ncn3)CC2)c1. The van der Waals surface area contributed by atoms with Crippen LogP contribution in [0.5, 0.6) is 5.75 Å². The third kappa shape index (κ3) is 5.20. The highest BCUT2D eigenvalue weighted by atomic mass is 16.5. The molecule has 1 aromatic heterocycles. The topological polar surface area (TPSA) is 58.6 Å². The van der Waals surface area contributed by atoms with Crippen molar-refractivity contribution in [2.24, 2.45) is 5.92 Å². The zero-order chi connectivity index (χ0) is 21.6. The van der Waals surface area contributed by atoms with E-state index < -0.39 is 0 Å². The maximum atomic E-state index is 13.0. The van der Waals surface area contributed by atoms with Crippen LogP contribution in [0.4, 0.5) is 5.82 Å². The first-order chi connectivity index (χ1) is 15.1. The van der Waals surface area contributed by atoms with E-state index in [9.17, 15) is 4.79 Å². The molecule has 0 radical (unpaired) electrons. The lowest BCUT2D eigenvalue weighted by Crippen LogP contribution is -2.49. The lowest BCUT2D eigenvalue weighted by molar-refractivity contribution is 0.0746. The molecule has 160 valence electrons. The first-order valence-corrected chi connectivity index (χ1v) is 10.7. The van der Waals surface area contributed by atoms with E-state index in [4.69, 9.17) is 4.74 Å². The molecule has 1 aliphatic heterocycles. The van der Waals surface area contributed by atoms with Crippen molar-refractivity contribution < 1.29 is 9.53 Å². The van der Waals surface area contributed by atoms with Crippen LogP contribution in [0.3, 0.4) is 0 Å². The maximum Gasteiger partial charge on any atom is 0.254 e. The summed E-state index contributed by atoms with van der Waals surface area (Å²) in [6, 6.07) is 19.6. The molecule has 3 aromatic rings. The number of anilines is 1. The van der Waals surface area contributed by atoms with Crippen molar-refractivity contribution in [2.75, 3.05) is 37.7 Å². The molecular formula is C25H28N4O2. The van der Waals surface area contributed by atoms with Crippen LogP contribution in [0.25, 0.3) is 11.3 Å². The van der Waals surface area contributed by atoms with E-state index in [1.165, 1.54) is 0 Å². The number of ether oxygens (including phenoxy) is 1. The number of aromatic nitrogens is 2. The van der Waals surface area contributed by atoms with Gasteiger partial charge in [0.15, 0.2) is 0 Å². The molecule has 2 heterocycles. The number of carbonyl (C=O) groups excluding carboxylic acids is 1. The van der Waals surface area contributed by atoms with Gasteiger partial charge in [-0.2, -0.15) is 0 Å². The lowest BCUT2D eigenvalue weighted by atomic mass is 10.1. The third-order valence-corrected chi connectivity index (χ3v) is 5.28. The summed E-state index contributed by atoms with van der Waals surface area (Å²) in [5, 5.41) is 0. The molecule has 0 spiro atoms. The number of amides is 1. The predicted octanol–water partition coefficient (Wildman–Crippen LogP) is 4.14. The summed E-state index contributed by atoms with van der Waals surface area (Å²) >= 11 is 0. The summed E-state index contributed by atoms with van der Waals surface area (Å²) in [6.07, 6.45) is 1.61. The Morgan fingerprint density at radius 3 is 2.48 bits per heavy atom. The Balaban J connectivity index is 1.39.